The maximum atomic E-state index is 13.2. The van der Waals surface area contributed by atoms with E-state index in [1.165, 1.54) is 14.2 Å². The summed E-state index contributed by atoms with van der Waals surface area (Å²) in [5.74, 6) is 0.379. The zero-order chi connectivity index (χ0) is 30.8. The van der Waals surface area contributed by atoms with Crippen molar-refractivity contribution in [3.8, 4) is 5.75 Å². The molecule has 5 atom stereocenters. The maximum Gasteiger partial charge on any atom is 0.412 e. The van der Waals surface area contributed by atoms with Gasteiger partial charge in [-0.2, -0.15) is 0 Å². The topological polar surface area (TPSA) is 163 Å². The standard InChI is InChI=1S/C30H33N3O10/c1-18-11-10-16-21(38-2)23(18)33-30(37)41-24-22(17-34)40-27(39-3)26(43-29(36)32-20-14-8-5-9-15-20)25(24)42-28(35)31-19-12-6-4-7-13-19/h4-16,22,24-27,34H,17H2,1-3H3,(H,31,35)(H,32,36)(H,33,37)/t22-,24-,25+,26-,27+/m1/s1. The third-order valence-corrected chi connectivity index (χ3v) is 6.45. The number of carbonyl (C=O) groups excluding carboxylic acids is 3. The van der Waals surface area contributed by atoms with Crippen LogP contribution in [0, 0.1) is 6.92 Å². The lowest BCUT2D eigenvalue weighted by atomic mass is 9.98. The zero-order valence-electron chi connectivity index (χ0n) is 23.7. The smallest absolute Gasteiger partial charge is 0.412 e. The van der Waals surface area contributed by atoms with Gasteiger partial charge in [0, 0.05) is 18.5 Å². The molecular weight excluding hydrogens is 562 g/mol. The first kappa shape index (κ1) is 31.1. The molecule has 0 aromatic heterocycles. The van der Waals surface area contributed by atoms with Crippen LogP contribution >= 0.6 is 0 Å². The number of ether oxygens (including phenoxy) is 6. The average molecular weight is 596 g/mol. The van der Waals surface area contributed by atoms with E-state index in [4.69, 9.17) is 28.4 Å². The fourth-order valence-electron chi connectivity index (χ4n) is 4.43. The van der Waals surface area contributed by atoms with E-state index in [9.17, 15) is 19.5 Å². The van der Waals surface area contributed by atoms with E-state index in [0.29, 0.717) is 28.4 Å². The Kier molecular flexibility index (Phi) is 10.7. The summed E-state index contributed by atoms with van der Waals surface area (Å²) in [4.78, 5) is 39.1. The van der Waals surface area contributed by atoms with Crippen LogP contribution in [0.5, 0.6) is 5.75 Å². The number of hydrogen-bond acceptors (Lipinski definition) is 10. The molecule has 1 aliphatic heterocycles. The Hall–Kier alpha value is -4.85. The van der Waals surface area contributed by atoms with E-state index < -0.39 is 55.6 Å². The number of anilines is 3. The average Bonchev–Trinajstić information content (AvgIpc) is 3.00. The van der Waals surface area contributed by atoms with Gasteiger partial charge in [-0.1, -0.05) is 48.5 Å². The molecule has 13 heteroatoms. The summed E-state index contributed by atoms with van der Waals surface area (Å²) in [6, 6.07) is 22.1. The number of carbonyl (C=O) groups is 3. The van der Waals surface area contributed by atoms with Crippen molar-refractivity contribution in [2.45, 2.75) is 37.6 Å². The number of hydrogen-bond donors (Lipinski definition) is 4. The number of para-hydroxylation sites is 3. The molecule has 43 heavy (non-hydrogen) atoms. The fraction of sp³-hybridized carbons (Fsp3) is 0.300. The lowest BCUT2D eigenvalue weighted by molar-refractivity contribution is -0.290. The highest BCUT2D eigenvalue weighted by molar-refractivity contribution is 5.88. The van der Waals surface area contributed by atoms with Gasteiger partial charge < -0.3 is 33.5 Å². The summed E-state index contributed by atoms with van der Waals surface area (Å²) in [6.07, 6.45) is -9.78. The number of aryl methyl sites for hydroxylation is 1. The molecule has 1 aliphatic rings. The zero-order valence-corrected chi connectivity index (χ0v) is 23.7. The molecule has 13 nitrogen and oxygen atoms in total. The predicted octanol–water partition coefficient (Wildman–Crippen LogP) is 4.52. The van der Waals surface area contributed by atoms with Crippen molar-refractivity contribution in [3.63, 3.8) is 0 Å². The van der Waals surface area contributed by atoms with E-state index in [0.717, 1.165) is 0 Å². The second kappa shape index (κ2) is 14.9. The first-order chi connectivity index (χ1) is 20.8. The van der Waals surface area contributed by atoms with Crippen LogP contribution in [0.25, 0.3) is 0 Å². The molecule has 0 aliphatic carbocycles. The SMILES string of the molecule is COc1cccc(C)c1NC(=O)O[C@H]1[C@H](OC(=O)Nc2ccccc2)[C@@H](OC(=O)Nc2ccccc2)[C@@H](OC)O[C@@H]1CO. The molecule has 1 heterocycles. The predicted molar refractivity (Wildman–Crippen MR) is 155 cm³/mol. The van der Waals surface area contributed by atoms with Crippen LogP contribution in [-0.2, 0) is 23.7 Å². The molecule has 0 radical (unpaired) electrons. The van der Waals surface area contributed by atoms with Crippen LogP contribution in [0.2, 0.25) is 0 Å². The van der Waals surface area contributed by atoms with Crippen molar-refractivity contribution in [1.82, 2.24) is 0 Å². The number of nitrogens with one attached hydrogen (secondary N) is 3. The summed E-state index contributed by atoms with van der Waals surface area (Å²) >= 11 is 0. The molecule has 0 spiro atoms. The third-order valence-electron chi connectivity index (χ3n) is 6.45. The van der Waals surface area contributed by atoms with Crippen LogP contribution in [0.15, 0.2) is 78.9 Å². The van der Waals surface area contributed by atoms with E-state index in [2.05, 4.69) is 16.0 Å². The normalized spacial score (nSPS) is 21.2. The van der Waals surface area contributed by atoms with Gasteiger partial charge in [-0.05, 0) is 42.8 Å². The van der Waals surface area contributed by atoms with E-state index in [-0.39, 0.29) is 0 Å². The Bertz CT molecular complexity index is 1380. The number of rotatable bonds is 9. The fourth-order valence-corrected chi connectivity index (χ4v) is 4.43. The minimum absolute atomic E-state index is 0.344. The van der Waals surface area contributed by atoms with E-state index in [1.54, 1.807) is 85.8 Å². The summed E-state index contributed by atoms with van der Waals surface area (Å²) in [6.45, 7) is 1.10. The van der Waals surface area contributed by atoms with Crippen molar-refractivity contribution >= 4 is 35.3 Å². The number of aliphatic hydroxyl groups excluding tert-OH is 1. The van der Waals surface area contributed by atoms with Crippen LogP contribution in [0.3, 0.4) is 0 Å². The molecule has 3 aromatic rings. The van der Waals surface area contributed by atoms with Gasteiger partial charge in [0.2, 0.25) is 0 Å². The molecule has 0 unspecified atom stereocenters. The summed E-state index contributed by atoms with van der Waals surface area (Å²) < 4.78 is 33.5. The molecule has 0 saturated carbocycles. The van der Waals surface area contributed by atoms with Gasteiger partial charge in [0.15, 0.2) is 24.6 Å². The van der Waals surface area contributed by atoms with Crippen LogP contribution in [0.4, 0.5) is 31.4 Å². The van der Waals surface area contributed by atoms with Gasteiger partial charge in [-0.3, -0.25) is 16.0 Å². The number of amides is 3. The lowest BCUT2D eigenvalue weighted by Crippen LogP contribution is -2.63. The largest absolute Gasteiger partial charge is 0.495 e. The molecule has 1 saturated heterocycles. The molecule has 3 amide bonds. The van der Waals surface area contributed by atoms with Gasteiger partial charge in [0.05, 0.1) is 19.4 Å². The first-order valence-corrected chi connectivity index (χ1v) is 13.3. The highest BCUT2D eigenvalue weighted by atomic mass is 16.7. The monoisotopic (exact) mass is 595 g/mol. The molecule has 0 bridgehead atoms. The molecule has 1 fully saturated rings. The molecule has 3 aromatic carbocycles. The van der Waals surface area contributed by atoms with Crippen LogP contribution in [0.1, 0.15) is 5.56 Å². The van der Waals surface area contributed by atoms with Crippen molar-refractivity contribution < 1.29 is 47.9 Å². The van der Waals surface area contributed by atoms with Crippen molar-refractivity contribution in [3.05, 3.63) is 84.4 Å². The molecule has 4 rings (SSSR count). The Labute approximate surface area is 248 Å². The summed E-state index contributed by atoms with van der Waals surface area (Å²) in [5, 5.41) is 17.9. The summed E-state index contributed by atoms with van der Waals surface area (Å²) in [7, 11) is 2.73. The molecule has 228 valence electrons. The van der Waals surface area contributed by atoms with Crippen molar-refractivity contribution in [2.24, 2.45) is 0 Å². The Morgan fingerprint density at radius 1 is 0.721 bits per heavy atom. The highest BCUT2D eigenvalue weighted by Gasteiger charge is 2.53. The third kappa shape index (κ3) is 8.13. The van der Waals surface area contributed by atoms with Crippen LogP contribution < -0.4 is 20.7 Å². The second-order valence-corrected chi connectivity index (χ2v) is 9.33. The highest BCUT2D eigenvalue weighted by Crippen LogP contribution is 2.31. The van der Waals surface area contributed by atoms with E-state index in [1.807, 2.05) is 0 Å². The van der Waals surface area contributed by atoms with Gasteiger partial charge in [-0.15, -0.1) is 0 Å². The quantitative estimate of drug-likeness (QED) is 0.259. The summed E-state index contributed by atoms with van der Waals surface area (Å²) in [5.41, 5.74) is 1.88. The Morgan fingerprint density at radius 3 is 1.79 bits per heavy atom. The minimum Gasteiger partial charge on any atom is -0.495 e. The van der Waals surface area contributed by atoms with Gasteiger partial charge in [0.25, 0.3) is 0 Å². The first-order valence-electron chi connectivity index (χ1n) is 13.3. The maximum absolute atomic E-state index is 13.2. The van der Waals surface area contributed by atoms with E-state index >= 15 is 0 Å². The number of aliphatic hydroxyl groups is 1. The van der Waals surface area contributed by atoms with Crippen LogP contribution in [-0.4, -0.2) is 74.9 Å². The Morgan fingerprint density at radius 2 is 1.26 bits per heavy atom. The van der Waals surface area contributed by atoms with Crippen molar-refractivity contribution in [2.75, 3.05) is 36.8 Å². The Balaban J connectivity index is 1.62. The minimum atomic E-state index is -1.49. The lowest BCUT2D eigenvalue weighted by Gasteiger charge is -2.43. The van der Waals surface area contributed by atoms with Gasteiger partial charge >= 0.3 is 18.3 Å². The molecular formula is C30H33N3O10. The number of benzene rings is 3. The second-order valence-electron chi connectivity index (χ2n) is 9.33. The van der Waals surface area contributed by atoms with Gasteiger partial charge in [-0.25, -0.2) is 14.4 Å². The number of methoxy groups -OCH3 is 2. The van der Waals surface area contributed by atoms with Crippen molar-refractivity contribution in [1.29, 1.82) is 0 Å². The van der Waals surface area contributed by atoms with Gasteiger partial charge in [0.1, 0.15) is 11.9 Å². The molecule has 4 N–H and O–H groups in total.